The van der Waals surface area contributed by atoms with E-state index in [9.17, 15) is 9.59 Å². The number of fused-ring (bicyclic) bond motifs is 1. The zero-order chi connectivity index (χ0) is 23.4. The van der Waals surface area contributed by atoms with E-state index in [1.165, 1.54) is 24.2 Å². The molecule has 2 aromatic carbocycles. The van der Waals surface area contributed by atoms with Gasteiger partial charge < -0.3 is 14.8 Å². The maximum Gasteiger partial charge on any atom is 0.273 e. The van der Waals surface area contributed by atoms with Crippen LogP contribution >= 0.6 is 0 Å². The molecule has 2 aliphatic heterocycles. The summed E-state index contributed by atoms with van der Waals surface area (Å²) >= 11 is 0. The number of piperidine rings is 1. The Morgan fingerprint density at radius 2 is 1.79 bits per heavy atom. The number of carbonyl (C=O) groups excluding carboxylic acids is 2. The SMILES string of the molecule is COc1ccc(C2Oc3ccccc3N(CC(=O)NCCN3C(C)CCCC3C)C2=O)cc1. The van der Waals surface area contributed by atoms with Gasteiger partial charge in [-0.3, -0.25) is 19.4 Å². The van der Waals surface area contributed by atoms with Crippen molar-refractivity contribution in [3.05, 3.63) is 54.1 Å². The highest BCUT2D eigenvalue weighted by Crippen LogP contribution is 2.38. The van der Waals surface area contributed by atoms with E-state index in [-0.39, 0.29) is 18.4 Å². The molecule has 2 heterocycles. The van der Waals surface area contributed by atoms with Gasteiger partial charge >= 0.3 is 0 Å². The van der Waals surface area contributed by atoms with Gasteiger partial charge in [0.1, 0.15) is 18.0 Å². The average molecular weight is 452 g/mol. The zero-order valence-electron chi connectivity index (χ0n) is 19.6. The summed E-state index contributed by atoms with van der Waals surface area (Å²) in [5, 5.41) is 3.01. The van der Waals surface area contributed by atoms with Crippen molar-refractivity contribution in [3.8, 4) is 11.5 Å². The third-order valence-corrected chi connectivity index (χ3v) is 6.68. The monoisotopic (exact) mass is 451 g/mol. The molecule has 0 radical (unpaired) electrons. The van der Waals surface area contributed by atoms with E-state index in [0.29, 0.717) is 41.4 Å². The summed E-state index contributed by atoms with van der Waals surface area (Å²) in [5.41, 5.74) is 1.33. The first-order valence-electron chi connectivity index (χ1n) is 11.7. The topological polar surface area (TPSA) is 71.1 Å². The Balaban J connectivity index is 1.43. The van der Waals surface area contributed by atoms with Crippen molar-refractivity contribution in [3.63, 3.8) is 0 Å². The van der Waals surface area contributed by atoms with Crippen molar-refractivity contribution in [1.29, 1.82) is 0 Å². The van der Waals surface area contributed by atoms with Crippen LogP contribution in [-0.2, 0) is 9.59 Å². The van der Waals surface area contributed by atoms with Crippen LogP contribution in [0.15, 0.2) is 48.5 Å². The van der Waals surface area contributed by atoms with E-state index in [0.717, 1.165) is 6.54 Å². The lowest BCUT2D eigenvalue weighted by Gasteiger charge is -2.39. The van der Waals surface area contributed by atoms with Crippen molar-refractivity contribution in [2.24, 2.45) is 0 Å². The minimum Gasteiger partial charge on any atom is -0.497 e. The Morgan fingerprint density at radius 1 is 1.09 bits per heavy atom. The molecule has 2 aliphatic rings. The van der Waals surface area contributed by atoms with Crippen LogP contribution in [0.1, 0.15) is 44.8 Å². The van der Waals surface area contributed by atoms with Crippen LogP contribution in [0.2, 0.25) is 0 Å². The van der Waals surface area contributed by atoms with Crippen molar-refractivity contribution in [2.45, 2.75) is 51.3 Å². The van der Waals surface area contributed by atoms with Crippen molar-refractivity contribution >= 4 is 17.5 Å². The molecule has 1 saturated heterocycles. The van der Waals surface area contributed by atoms with Gasteiger partial charge in [-0.05, 0) is 51.0 Å². The predicted molar refractivity (Wildman–Crippen MR) is 128 cm³/mol. The molecule has 176 valence electrons. The summed E-state index contributed by atoms with van der Waals surface area (Å²) < 4.78 is 11.2. The van der Waals surface area contributed by atoms with Crippen molar-refractivity contribution in [1.82, 2.24) is 10.2 Å². The number of amides is 2. The fourth-order valence-electron chi connectivity index (χ4n) is 4.81. The average Bonchev–Trinajstić information content (AvgIpc) is 2.82. The van der Waals surface area contributed by atoms with Crippen LogP contribution < -0.4 is 19.7 Å². The number of anilines is 1. The maximum atomic E-state index is 13.4. The largest absolute Gasteiger partial charge is 0.497 e. The molecule has 4 rings (SSSR count). The second kappa shape index (κ2) is 10.3. The lowest BCUT2D eigenvalue weighted by molar-refractivity contribution is -0.129. The number of hydrogen-bond donors (Lipinski definition) is 1. The minimum atomic E-state index is -0.811. The van der Waals surface area contributed by atoms with Gasteiger partial charge in [-0.25, -0.2) is 0 Å². The van der Waals surface area contributed by atoms with Gasteiger partial charge in [-0.15, -0.1) is 0 Å². The Bertz CT molecular complexity index is 968. The van der Waals surface area contributed by atoms with E-state index in [1.807, 2.05) is 36.4 Å². The number of ether oxygens (including phenoxy) is 2. The van der Waals surface area contributed by atoms with E-state index < -0.39 is 6.10 Å². The number of hydrogen-bond acceptors (Lipinski definition) is 5. The first kappa shape index (κ1) is 23.1. The first-order valence-corrected chi connectivity index (χ1v) is 11.7. The summed E-state index contributed by atoms with van der Waals surface area (Å²) in [6.45, 7) is 5.84. The number of nitrogens with zero attached hydrogens (tertiary/aromatic N) is 2. The van der Waals surface area contributed by atoms with Gasteiger partial charge in [0, 0.05) is 30.7 Å². The number of carbonyl (C=O) groups is 2. The molecule has 2 aromatic rings. The van der Waals surface area contributed by atoms with E-state index in [2.05, 4.69) is 24.1 Å². The van der Waals surface area contributed by atoms with E-state index >= 15 is 0 Å². The molecule has 1 fully saturated rings. The second-order valence-corrected chi connectivity index (χ2v) is 8.88. The fourth-order valence-corrected chi connectivity index (χ4v) is 4.81. The van der Waals surface area contributed by atoms with Crippen molar-refractivity contribution < 1.29 is 19.1 Å². The maximum absolute atomic E-state index is 13.4. The lowest BCUT2D eigenvalue weighted by Crippen LogP contribution is -2.49. The van der Waals surface area contributed by atoms with Crippen LogP contribution in [0, 0.1) is 0 Å². The lowest BCUT2D eigenvalue weighted by atomic mass is 9.98. The molecule has 3 unspecified atom stereocenters. The number of benzene rings is 2. The summed E-state index contributed by atoms with van der Waals surface area (Å²) in [6, 6.07) is 15.6. The Labute approximate surface area is 195 Å². The van der Waals surface area contributed by atoms with Crippen LogP contribution in [0.3, 0.4) is 0 Å². The molecule has 0 aliphatic carbocycles. The van der Waals surface area contributed by atoms with E-state index in [4.69, 9.17) is 9.47 Å². The number of nitrogens with one attached hydrogen (secondary N) is 1. The number of rotatable bonds is 7. The summed E-state index contributed by atoms with van der Waals surface area (Å²) in [5.74, 6) is 0.857. The molecule has 0 aromatic heterocycles. The summed E-state index contributed by atoms with van der Waals surface area (Å²) in [4.78, 5) is 30.2. The zero-order valence-corrected chi connectivity index (χ0v) is 19.6. The molecule has 2 amide bonds. The number of para-hydroxylation sites is 2. The van der Waals surface area contributed by atoms with Crippen LogP contribution in [0.5, 0.6) is 11.5 Å². The third kappa shape index (κ3) is 5.14. The van der Waals surface area contributed by atoms with Gasteiger partial charge in [-0.1, -0.05) is 30.7 Å². The van der Waals surface area contributed by atoms with Gasteiger partial charge in [0.05, 0.1) is 12.8 Å². The standard InChI is InChI=1S/C26H33N3O4/c1-18-7-6-8-19(2)28(18)16-15-27-24(30)17-29-22-9-4-5-10-23(22)33-25(26(29)31)20-11-13-21(32-3)14-12-20/h4-5,9-14,18-19,25H,6-8,15-17H2,1-3H3,(H,27,30). The minimum absolute atomic E-state index is 0.0447. The fraction of sp³-hybridized carbons (Fsp3) is 0.462. The molecule has 0 bridgehead atoms. The third-order valence-electron chi connectivity index (χ3n) is 6.68. The van der Waals surface area contributed by atoms with Gasteiger partial charge in [-0.2, -0.15) is 0 Å². The first-order chi connectivity index (χ1) is 16.0. The Kier molecular flexibility index (Phi) is 7.18. The van der Waals surface area contributed by atoms with Crippen LogP contribution in [0.4, 0.5) is 5.69 Å². The second-order valence-electron chi connectivity index (χ2n) is 8.88. The Hall–Kier alpha value is -3.06. The van der Waals surface area contributed by atoms with E-state index in [1.54, 1.807) is 19.2 Å². The quantitative estimate of drug-likeness (QED) is 0.697. The van der Waals surface area contributed by atoms with Gasteiger partial charge in [0.15, 0.2) is 0 Å². The van der Waals surface area contributed by atoms with Gasteiger partial charge in [0.2, 0.25) is 12.0 Å². The van der Waals surface area contributed by atoms with Crippen LogP contribution in [0.25, 0.3) is 0 Å². The number of methoxy groups -OCH3 is 1. The summed E-state index contributed by atoms with van der Waals surface area (Å²) in [6.07, 6.45) is 2.85. The molecule has 0 saturated carbocycles. The highest BCUT2D eigenvalue weighted by Gasteiger charge is 2.36. The van der Waals surface area contributed by atoms with Crippen LogP contribution in [-0.4, -0.2) is 55.5 Å². The molecule has 33 heavy (non-hydrogen) atoms. The molecule has 1 N–H and O–H groups in total. The summed E-state index contributed by atoms with van der Waals surface area (Å²) in [7, 11) is 1.60. The highest BCUT2D eigenvalue weighted by atomic mass is 16.5. The molecule has 7 nitrogen and oxygen atoms in total. The molecule has 3 atom stereocenters. The smallest absolute Gasteiger partial charge is 0.273 e. The molecule has 0 spiro atoms. The Morgan fingerprint density at radius 3 is 2.48 bits per heavy atom. The molecular formula is C26H33N3O4. The normalized spacial score (nSPS) is 22.9. The predicted octanol–water partition coefficient (Wildman–Crippen LogP) is 3.54. The molecular weight excluding hydrogens is 418 g/mol. The molecule has 7 heteroatoms. The highest BCUT2D eigenvalue weighted by molar-refractivity contribution is 6.04. The van der Waals surface area contributed by atoms with Crippen molar-refractivity contribution in [2.75, 3.05) is 31.6 Å². The van der Waals surface area contributed by atoms with Gasteiger partial charge in [0.25, 0.3) is 5.91 Å². The number of likely N-dealkylation sites (tertiary alicyclic amines) is 1.